The molecule has 1 aromatic rings. The summed E-state index contributed by atoms with van der Waals surface area (Å²) >= 11 is 0. The van der Waals surface area contributed by atoms with Gasteiger partial charge in [0.15, 0.2) is 6.29 Å². The highest BCUT2D eigenvalue weighted by Crippen LogP contribution is 2.27. The van der Waals surface area contributed by atoms with Gasteiger partial charge < -0.3 is 14.8 Å². The Morgan fingerprint density at radius 2 is 2.25 bits per heavy atom. The van der Waals surface area contributed by atoms with Crippen molar-refractivity contribution < 1.29 is 14.3 Å². The van der Waals surface area contributed by atoms with Gasteiger partial charge in [-0.1, -0.05) is 26.0 Å². The molecule has 0 saturated carbocycles. The highest BCUT2D eigenvalue weighted by atomic mass is 16.7. The first-order valence-electron chi connectivity index (χ1n) is 7.39. The van der Waals surface area contributed by atoms with E-state index in [1.54, 1.807) is 0 Å². The molecule has 1 fully saturated rings. The first-order valence-corrected chi connectivity index (χ1v) is 7.39. The maximum atomic E-state index is 12.0. The zero-order valence-corrected chi connectivity index (χ0v) is 12.2. The van der Waals surface area contributed by atoms with Crippen LogP contribution in [0.25, 0.3) is 0 Å². The molecule has 4 nitrogen and oxygen atoms in total. The minimum absolute atomic E-state index is 0.00557. The average molecular weight is 277 g/mol. The molecule has 110 valence electrons. The Morgan fingerprint density at radius 3 is 2.95 bits per heavy atom. The van der Waals surface area contributed by atoms with Crippen LogP contribution in [0, 0.1) is 5.92 Å². The molecule has 1 aliphatic rings. The molecule has 1 heterocycles. The third-order valence-corrected chi connectivity index (χ3v) is 3.60. The van der Waals surface area contributed by atoms with Crippen LogP contribution >= 0.6 is 0 Å². The van der Waals surface area contributed by atoms with Crippen molar-refractivity contribution in [3.8, 4) is 5.75 Å². The monoisotopic (exact) mass is 277 g/mol. The Kier molecular flexibility index (Phi) is 5.41. The van der Waals surface area contributed by atoms with Crippen molar-refractivity contribution in [2.45, 2.75) is 45.8 Å². The molecule has 0 bridgehead atoms. The van der Waals surface area contributed by atoms with Crippen LogP contribution in [0.5, 0.6) is 5.75 Å². The van der Waals surface area contributed by atoms with Crippen LogP contribution in [0.1, 0.15) is 39.5 Å². The van der Waals surface area contributed by atoms with Crippen LogP contribution in [0.3, 0.4) is 0 Å². The molecule has 0 radical (unpaired) electrons. The van der Waals surface area contributed by atoms with E-state index in [0.29, 0.717) is 11.4 Å². The van der Waals surface area contributed by atoms with Gasteiger partial charge >= 0.3 is 0 Å². The number of carbonyl (C=O) groups is 1. The van der Waals surface area contributed by atoms with Gasteiger partial charge in [-0.15, -0.1) is 0 Å². The van der Waals surface area contributed by atoms with E-state index in [1.165, 1.54) is 0 Å². The lowest BCUT2D eigenvalue weighted by atomic mass is 10.1. The molecule has 0 spiro atoms. The Hall–Kier alpha value is -1.55. The first-order chi connectivity index (χ1) is 9.70. The van der Waals surface area contributed by atoms with E-state index in [1.807, 2.05) is 38.1 Å². The van der Waals surface area contributed by atoms with Gasteiger partial charge in [0.05, 0.1) is 12.3 Å². The maximum Gasteiger partial charge on any atom is 0.227 e. The number of nitrogens with one attached hydrogen (secondary N) is 1. The number of hydrogen-bond donors (Lipinski definition) is 1. The maximum absolute atomic E-state index is 12.0. The summed E-state index contributed by atoms with van der Waals surface area (Å²) in [6.45, 7) is 4.66. The molecule has 1 N–H and O–H groups in total. The Balaban J connectivity index is 2.03. The fraction of sp³-hybridized carbons (Fsp3) is 0.562. The van der Waals surface area contributed by atoms with Gasteiger partial charge in [0.25, 0.3) is 0 Å². The largest absolute Gasteiger partial charge is 0.463 e. The summed E-state index contributed by atoms with van der Waals surface area (Å²) in [6.07, 6.45) is 3.72. The van der Waals surface area contributed by atoms with E-state index < -0.39 is 0 Å². The quantitative estimate of drug-likeness (QED) is 0.895. The van der Waals surface area contributed by atoms with E-state index in [-0.39, 0.29) is 18.1 Å². The fourth-order valence-corrected chi connectivity index (χ4v) is 2.06. The molecule has 0 aliphatic carbocycles. The Labute approximate surface area is 120 Å². The van der Waals surface area contributed by atoms with E-state index >= 15 is 0 Å². The van der Waals surface area contributed by atoms with Crippen molar-refractivity contribution in [2.75, 3.05) is 11.9 Å². The fourth-order valence-electron chi connectivity index (χ4n) is 2.06. The molecule has 4 heteroatoms. The van der Waals surface area contributed by atoms with Crippen LogP contribution in [0.15, 0.2) is 24.3 Å². The molecule has 1 aliphatic heterocycles. The number of para-hydroxylation sites is 2. The molecule has 1 aromatic carbocycles. The summed E-state index contributed by atoms with van der Waals surface area (Å²) in [4.78, 5) is 12.0. The summed E-state index contributed by atoms with van der Waals surface area (Å²) in [5.41, 5.74) is 0.715. The van der Waals surface area contributed by atoms with Crippen molar-refractivity contribution in [2.24, 2.45) is 5.92 Å². The van der Waals surface area contributed by atoms with E-state index in [4.69, 9.17) is 9.47 Å². The van der Waals surface area contributed by atoms with Crippen molar-refractivity contribution in [1.29, 1.82) is 0 Å². The summed E-state index contributed by atoms with van der Waals surface area (Å²) in [7, 11) is 0. The molecule has 0 aromatic heterocycles. The van der Waals surface area contributed by atoms with Crippen LogP contribution in [-0.2, 0) is 9.53 Å². The molecule has 2 atom stereocenters. The second-order valence-corrected chi connectivity index (χ2v) is 5.21. The number of rotatable bonds is 5. The number of ether oxygens (including phenoxy) is 2. The predicted octanol–water partition coefficient (Wildman–Crippen LogP) is 3.58. The smallest absolute Gasteiger partial charge is 0.227 e. The topological polar surface area (TPSA) is 47.6 Å². The van der Waals surface area contributed by atoms with Crippen molar-refractivity contribution in [3.05, 3.63) is 24.3 Å². The van der Waals surface area contributed by atoms with Crippen molar-refractivity contribution >= 4 is 11.6 Å². The van der Waals surface area contributed by atoms with Gasteiger partial charge in [0.1, 0.15) is 5.75 Å². The van der Waals surface area contributed by atoms with Gasteiger partial charge in [-0.25, -0.2) is 0 Å². The van der Waals surface area contributed by atoms with Gasteiger partial charge in [0, 0.05) is 12.3 Å². The molecule has 2 rings (SSSR count). The lowest BCUT2D eigenvalue weighted by molar-refractivity contribution is -0.119. The van der Waals surface area contributed by atoms with E-state index in [0.717, 1.165) is 32.3 Å². The number of hydrogen-bond acceptors (Lipinski definition) is 3. The summed E-state index contributed by atoms with van der Waals surface area (Å²) in [5.74, 6) is 0.693. The zero-order chi connectivity index (χ0) is 14.4. The number of benzene rings is 1. The van der Waals surface area contributed by atoms with Gasteiger partial charge in [0.2, 0.25) is 5.91 Å². The first kappa shape index (κ1) is 14.9. The molecule has 1 amide bonds. The van der Waals surface area contributed by atoms with Crippen molar-refractivity contribution in [3.63, 3.8) is 0 Å². The molecule has 1 saturated heterocycles. The summed E-state index contributed by atoms with van der Waals surface area (Å²) in [6, 6.07) is 7.51. The summed E-state index contributed by atoms with van der Waals surface area (Å²) in [5, 5.41) is 2.93. The molecule has 20 heavy (non-hydrogen) atoms. The van der Waals surface area contributed by atoms with Crippen LogP contribution in [0.4, 0.5) is 5.69 Å². The average Bonchev–Trinajstić information content (AvgIpc) is 2.49. The molecule has 2 unspecified atom stereocenters. The highest BCUT2D eigenvalue weighted by molar-refractivity contribution is 5.93. The third-order valence-electron chi connectivity index (χ3n) is 3.60. The minimum Gasteiger partial charge on any atom is -0.463 e. The number of carbonyl (C=O) groups excluding carboxylic acids is 1. The SMILES string of the molecule is CCC(C)C(=O)Nc1ccccc1OC1CCCCO1. The van der Waals surface area contributed by atoms with Gasteiger partial charge in [-0.3, -0.25) is 4.79 Å². The third kappa shape index (κ3) is 3.97. The normalized spacial score (nSPS) is 20.2. The minimum atomic E-state index is -0.203. The second-order valence-electron chi connectivity index (χ2n) is 5.21. The molecular formula is C16H23NO3. The number of anilines is 1. The lowest BCUT2D eigenvalue weighted by Gasteiger charge is -2.24. The van der Waals surface area contributed by atoms with Crippen LogP contribution in [0.2, 0.25) is 0 Å². The highest BCUT2D eigenvalue weighted by Gasteiger charge is 2.18. The molecular weight excluding hydrogens is 254 g/mol. The lowest BCUT2D eigenvalue weighted by Crippen LogP contribution is -2.26. The Bertz CT molecular complexity index is 441. The van der Waals surface area contributed by atoms with Crippen molar-refractivity contribution in [1.82, 2.24) is 0 Å². The van der Waals surface area contributed by atoms with Crippen LogP contribution < -0.4 is 10.1 Å². The van der Waals surface area contributed by atoms with E-state index in [2.05, 4.69) is 5.32 Å². The zero-order valence-electron chi connectivity index (χ0n) is 12.2. The number of amides is 1. The van der Waals surface area contributed by atoms with E-state index in [9.17, 15) is 4.79 Å². The predicted molar refractivity (Wildman–Crippen MR) is 78.7 cm³/mol. The standard InChI is InChI=1S/C16H23NO3/c1-3-12(2)16(18)17-13-8-4-5-9-14(13)20-15-10-6-7-11-19-15/h4-5,8-9,12,15H,3,6-7,10-11H2,1-2H3,(H,17,18). The second kappa shape index (κ2) is 7.29. The van der Waals surface area contributed by atoms with Gasteiger partial charge in [-0.2, -0.15) is 0 Å². The summed E-state index contributed by atoms with van der Waals surface area (Å²) < 4.78 is 11.4. The Morgan fingerprint density at radius 1 is 1.45 bits per heavy atom. The van der Waals surface area contributed by atoms with Gasteiger partial charge in [-0.05, 0) is 31.4 Å². The van der Waals surface area contributed by atoms with Crippen LogP contribution in [-0.4, -0.2) is 18.8 Å².